The van der Waals surface area contributed by atoms with Crippen LogP contribution in [-0.2, 0) is 17.6 Å². The van der Waals surface area contributed by atoms with Crippen molar-refractivity contribution in [3.8, 4) is 5.75 Å². The average molecular weight is 281 g/mol. The topological polar surface area (TPSA) is 29.5 Å². The van der Waals surface area contributed by atoms with Gasteiger partial charge in [-0.25, -0.2) is 0 Å². The van der Waals surface area contributed by atoms with Crippen molar-refractivity contribution in [1.82, 2.24) is 0 Å². The molecular formula is C18H19NO2. The molecule has 0 spiro atoms. The second-order valence-electron chi connectivity index (χ2n) is 5.47. The van der Waals surface area contributed by atoms with Gasteiger partial charge in [-0.15, -0.1) is 0 Å². The van der Waals surface area contributed by atoms with E-state index < -0.39 is 0 Å². The van der Waals surface area contributed by atoms with E-state index in [0.29, 0.717) is 6.42 Å². The Labute approximate surface area is 125 Å². The Morgan fingerprint density at radius 2 is 1.90 bits per heavy atom. The Morgan fingerprint density at radius 1 is 1.19 bits per heavy atom. The highest BCUT2D eigenvalue weighted by atomic mass is 16.5. The molecule has 0 aliphatic carbocycles. The molecule has 0 radical (unpaired) electrons. The van der Waals surface area contributed by atoms with Gasteiger partial charge in [0.1, 0.15) is 5.75 Å². The van der Waals surface area contributed by atoms with Gasteiger partial charge in [-0.05, 0) is 42.7 Å². The highest BCUT2D eigenvalue weighted by Crippen LogP contribution is 2.32. The smallest absolute Gasteiger partial charge is 0.231 e. The van der Waals surface area contributed by atoms with Gasteiger partial charge in [0.2, 0.25) is 5.91 Å². The molecule has 1 aliphatic rings. The summed E-state index contributed by atoms with van der Waals surface area (Å²) in [6.07, 6.45) is 1.35. The van der Waals surface area contributed by atoms with Crippen LogP contribution in [0.4, 0.5) is 5.69 Å². The molecule has 0 N–H and O–H groups in total. The average Bonchev–Trinajstić information content (AvgIpc) is 2.83. The van der Waals surface area contributed by atoms with Gasteiger partial charge >= 0.3 is 0 Å². The lowest BCUT2D eigenvalue weighted by molar-refractivity contribution is -0.118. The standard InChI is InChI=1S/C18H19NO2/c1-13-11-15-5-3-4-6-17(15)19(13)18(20)12-14-7-9-16(21-2)10-8-14/h3-10,13H,11-12H2,1-2H3/t13-/m0/s1. The minimum absolute atomic E-state index is 0.151. The molecular weight excluding hydrogens is 262 g/mol. The van der Waals surface area contributed by atoms with Crippen LogP contribution in [0.2, 0.25) is 0 Å². The number of rotatable bonds is 3. The van der Waals surface area contributed by atoms with Crippen molar-refractivity contribution in [3.05, 3.63) is 59.7 Å². The summed E-state index contributed by atoms with van der Waals surface area (Å²) in [5, 5.41) is 0. The van der Waals surface area contributed by atoms with Crippen LogP contribution in [0.25, 0.3) is 0 Å². The number of para-hydroxylation sites is 1. The third kappa shape index (κ3) is 2.64. The van der Waals surface area contributed by atoms with Gasteiger partial charge in [-0.1, -0.05) is 30.3 Å². The van der Waals surface area contributed by atoms with Crippen molar-refractivity contribution in [2.45, 2.75) is 25.8 Å². The van der Waals surface area contributed by atoms with E-state index in [4.69, 9.17) is 4.74 Å². The fraction of sp³-hybridized carbons (Fsp3) is 0.278. The maximum absolute atomic E-state index is 12.6. The molecule has 21 heavy (non-hydrogen) atoms. The van der Waals surface area contributed by atoms with Gasteiger partial charge in [0.15, 0.2) is 0 Å². The Bertz CT molecular complexity index is 649. The molecule has 3 nitrogen and oxygen atoms in total. The Hall–Kier alpha value is -2.29. The van der Waals surface area contributed by atoms with Gasteiger partial charge in [0, 0.05) is 11.7 Å². The highest BCUT2D eigenvalue weighted by molar-refractivity contribution is 5.97. The van der Waals surface area contributed by atoms with E-state index in [2.05, 4.69) is 13.0 Å². The first-order chi connectivity index (χ1) is 10.2. The first-order valence-corrected chi connectivity index (χ1v) is 7.22. The minimum Gasteiger partial charge on any atom is -0.497 e. The van der Waals surface area contributed by atoms with E-state index >= 15 is 0 Å². The van der Waals surface area contributed by atoms with Crippen LogP contribution in [0, 0.1) is 0 Å². The summed E-state index contributed by atoms with van der Waals surface area (Å²) in [5.74, 6) is 0.962. The summed E-state index contributed by atoms with van der Waals surface area (Å²) in [7, 11) is 1.64. The molecule has 2 aromatic carbocycles. The highest BCUT2D eigenvalue weighted by Gasteiger charge is 2.30. The molecule has 3 rings (SSSR count). The van der Waals surface area contributed by atoms with Gasteiger partial charge in [-0.2, -0.15) is 0 Å². The Morgan fingerprint density at radius 3 is 2.62 bits per heavy atom. The summed E-state index contributed by atoms with van der Waals surface area (Å²) in [6, 6.07) is 16.1. The third-order valence-corrected chi connectivity index (χ3v) is 3.99. The lowest BCUT2D eigenvalue weighted by Crippen LogP contribution is -2.36. The largest absolute Gasteiger partial charge is 0.497 e. The first-order valence-electron chi connectivity index (χ1n) is 7.22. The number of hydrogen-bond donors (Lipinski definition) is 0. The van der Waals surface area contributed by atoms with Crippen LogP contribution in [-0.4, -0.2) is 19.1 Å². The molecule has 0 saturated heterocycles. The summed E-state index contributed by atoms with van der Waals surface area (Å²) in [5.41, 5.74) is 3.33. The third-order valence-electron chi connectivity index (χ3n) is 3.99. The van der Waals surface area contributed by atoms with E-state index in [1.165, 1.54) is 5.56 Å². The van der Waals surface area contributed by atoms with E-state index in [0.717, 1.165) is 23.4 Å². The van der Waals surface area contributed by atoms with Crippen molar-refractivity contribution in [1.29, 1.82) is 0 Å². The van der Waals surface area contributed by atoms with Crippen molar-refractivity contribution >= 4 is 11.6 Å². The van der Waals surface area contributed by atoms with Crippen LogP contribution in [0.3, 0.4) is 0 Å². The number of nitrogens with zero attached hydrogens (tertiary/aromatic N) is 1. The number of ether oxygens (including phenoxy) is 1. The predicted octanol–water partition coefficient (Wildman–Crippen LogP) is 3.22. The maximum Gasteiger partial charge on any atom is 0.231 e. The fourth-order valence-electron chi connectivity index (χ4n) is 2.95. The molecule has 108 valence electrons. The Balaban J connectivity index is 1.79. The van der Waals surface area contributed by atoms with Gasteiger partial charge in [0.25, 0.3) is 0 Å². The molecule has 1 aliphatic heterocycles. The SMILES string of the molecule is COc1ccc(CC(=O)N2c3ccccc3C[C@@H]2C)cc1. The van der Waals surface area contributed by atoms with Gasteiger partial charge in [0.05, 0.1) is 13.5 Å². The summed E-state index contributed by atoms with van der Waals surface area (Å²) in [4.78, 5) is 14.6. The van der Waals surface area contributed by atoms with Gasteiger partial charge in [-0.3, -0.25) is 4.79 Å². The molecule has 2 aromatic rings. The summed E-state index contributed by atoms with van der Waals surface area (Å²) < 4.78 is 5.14. The van der Waals surface area contributed by atoms with E-state index in [9.17, 15) is 4.79 Å². The lowest BCUT2D eigenvalue weighted by atomic mass is 10.1. The van der Waals surface area contributed by atoms with Crippen molar-refractivity contribution in [2.24, 2.45) is 0 Å². The van der Waals surface area contributed by atoms with Crippen molar-refractivity contribution < 1.29 is 9.53 Å². The second kappa shape index (κ2) is 5.60. The number of benzene rings is 2. The number of amides is 1. The lowest BCUT2D eigenvalue weighted by Gasteiger charge is -2.22. The first kappa shape index (κ1) is 13.7. The van der Waals surface area contributed by atoms with Crippen LogP contribution in [0.1, 0.15) is 18.1 Å². The molecule has 3 heteroatoms. The second-order valence-corrected chi connectivity index (χ2v) is 5.47. The quantitative estimate of drug-likeness (QED) is 0.864. The maximum atomic E-state index is 12.6. The minimum atomic E-state index is 0.151. The van der Waals surface area contributed by atoms with E-state index in [1.807, 2.05) is 47.4 Å². The van der Waals surface area contributed by atoms with E-state index in [-0.39, 0.29) is 11.9 Å². The number of anilines is 1. The summed E-state index contributed by atoms with van der Waals surface area (Å²) in [6.45, 7) is 2.10. The molecule has 1 heterocycles. The number of carbonyl (C=O) groups excluding carboxylic acids is 1. The van der Waals surface area contributed by atoms with Crippen LogP contribution in [0.5, 0.6) is 5.75 Å². The molecule has 0 fully saturated rings. The molecule has 0 aromatic heterocycles. The van der Waals surface area contributed by atoms with Crippen LogP contribution in [0.15, 0.2) is 48.5 Å². The number of methoxy groups -OCH3 is 1. The molecule has 1 atom stereocenters. The normalized spacial score (nSPS) is 16.7. The molecule has 0 unspecified atom stereocenters. The fourth-order valence-corrected chi connectivity index (χ4v) is 2.95. The van der Waals surface area contributed by atoms with Crippen LogP contribution >= 0.6 is 0 Å². The number of carbonyl (C=O) groups is 1. The predicted molar refractivity (Wildman–Crippen MR) is 83.8 cm³/mol. The molecule has 0 bridgehead atoms. The monoisotopic (exact) mass is 281 g/mol. The zero-order valence-electron chi connectivity index (χ0n) is 12.4. The molecule has 1 amide bonds. The zero-order valence-corrected chi connectivity index (χ0v) is 12.4. The number of fused-ring (bicyclic) bond motifs is 1. The Kier molecular flexibility index (Phi) is 3.65. The summed E-state index contributed by atoms with van der Waals surface area (Å²) >= 11 is 0. The number of hydrogen-bond acceptors (Lipinski definition) is 2. The van der Waals surface area contributed by atoms with Gasteiger partial charge < -0.3 is 9.64 Å². The van der Waals surface area contributed by atoms with Crippen molar-refractivity contribution in [3.63, 3.8) is 0 Å². The van der Waals surface area contributed by atoms with E-state index in [1.54, 1.807) is 7.11 Å². The van der Waals surface area contributed by atoms with Crippen LogP contribution < -0.4 is 9.64 Å². The molecule has 0 saturated carbocycles. The van der Waals surface area contributed by atoms with Crippen molar-refractivity contribution in [2.75, 3.05) is 12.0 Å². The zero-order chi connectivity index (χ0) is 14.8.